The summed E-state index contributed by atoms with van der Waals surface area (Å²) in [6.45, 7) is 1.96. The van der Waals surface area contributed by atoms with E-state index in [4.69, 9.17) is 31.1 Å². The van der Waals surface area contributed by atoms with Crippen molar-refractivity contribution >= 4 is 29.8 Å². The molecule has 35 heavy (non-hydrogen) atoms. The molecule has 3 aromatic rings. The van der Waals surface area contributed by atoms with E-state index >= 15 is 0 Å². The van der Waals surface area contributed by atoms with Crippen LogP contribution >= 0.6 is 12.4 Å². The minimum atomic E-state index is -1.16. The number of carbonyl (C=O) groups excluding carboxylic acids is 1. The SMILES string of the molecule is CCOC(C(=O)NCc1ccc(C(=N)N)cc1Oc1ccc(N)cn1)c1ccc(OC)cc1F.Cl. The maximum Gasteiger partial charge on any atom is 0.254 e. The Hall–Kier alpha value is -3.89. The van der Waals surface area contributed by atoms with Gasteiger partial charge >= 0.3 is 0 Å². The van der Waals surface area contributed by atoms with Gasteiger partial charge in [0, 0.05) is 42.0 Å². The van der Waals surface area contributed by atoms with E-state index in [-0.39, 0.29) is 42.8 Å². The second-order valence-corrected chi connectivity index (χ2v) is 7.21. The standard InChI is InChI=1S/C24H26FN5O4.ClH/c1-3-33-22(18-8-7-17(32-2)11-19(18)25)24(31)30-12-15-5-4-14(23(27)28)10-20(15)34-21-9-6-16(26)13-29-21;/h4-11,13,22H,3,12,26H2,1-2H3,(H3,27,28)(H,30,31);1H. The first-order valence-electron chi connectivity index (χ1n) is 10.4. The van der Waals surface area contributed by atoms with Crippen LogP contribution in [0, 0.1) is 11.2 Å². The van der Waals surface area contributed by atoms with Crippen LogP contribution in [0.15, 0.2) is 54.7 Å². The van der Waals surface area contributed by atoms with Crippen LogP contribution in [0.2, 0.25) is 0 Å². The number of ether oxygens (including phenoxy) is 3. The van der Waals surface area contributed by atoms with E-state index < -0.39 is 17.8 Å². The number of anilines is 1. The minimum Gasteiger partial charge on any atom is -0.497 e. The fourth-order valence-electron chi connectivity index (χ4n) is 3.12. The van der Waals surface area contributed by atoms with E-state index in [0.29, 0.717) is 28.3 Å². The summed E-state index contributed by atoms with van der Waals surface area (Å²) in [5, 5.41) is 10.4. The van der Waals surface area contributed by atoms with Crippen molar-refractivity contribution in [3.63, 3.8) is 0 Å². The van der Waals surface area contributed by atoms with Crippen LogP contribution in [0.3, 0.4) is 0 Å². The minimum absolute atomic E-state index is 0. The van der Waals surface area contributed by atoms with E-state index in [9.17, 15) is 9.18 Å². The Balaban J connectivity index is 0.00000432. The maximum atomic E-state index is 14.6. The lowest BCUT2D eigenvalue weighted by atomic mass is 10.1. The summed E-state index contributed by atoms with van der Waals surface area (Å²) < 4.78 is 31.0. The van der Waals surface area contributed by atoms with E-state index in [2.05, 4.69) is 10.3 Å². The molecule has 0 saturated heterocycles. The highest BCUT2D eigenvalue weighted by atomic mass is 35.5. The first kappa shape index (κ1) is 27.4. The third kappa shape index (κ3) is 7.05. The molecule has 186 valence electrons. The van der Waals surface area contributed by atoms with Gasteiger partial charge in [-0.3, -0.25) is 10.2 Å². The summed E-state index contributed by atoms with van der Waals surface area (Å²) in [5.74, 6) is -0.336. The highest BCUT2D eigenvalue weighted by molar-refractivity contribution is 5.95. The van der Waals surface area contributed by atoms with Gasteiger partial charge in [-0.25, -0.2) is 9.37 Å². The van der Waals surface area contributed by atoms with Gasteiger partial charge in [-0.05, 0) is 31.2 Å². The largest absolute Gasteiger partial charge is 0.497 e. The van der Waals surface area contributed by atoms with Crippen LogP contribution in [-0.2, 0) is 16.1 Å². The van der Waals surface area contributed by atoms with Crippen molar-refractivity contribution in [2.24, 2.45) is 5.73 Å². The van der Waals surface area contributed by atoms with Gasteiger partial charge in [0.25, 0.3) is 5.91 Å². The monoisotopic (exact) mass is 503 g/mol. The predicted molar refractivity (Wildman–Crippen MR) is 133 cm³/mol. The lowest BCUT2D eigenvalue weighted by Crippen LogP contribution is -2.31. The predicted octanol–water partition coefficient (Wildman–Crippen LogP) is 3.70. The number of hydrogen-bond donors (Lipinski definition) is 4. The Bertz CT molecular complexity index is 1180. The van der Waals surface area contributed by atoms with Crippen molar-refractivity contribution in [2.75, 3.05) is 19.5 Å². The van der Waals surface area contributed by atoms with Crippen LogP contribution in [0.25, 0.3) is 0 Å². The summed E-state index contributed by atoms with van der Waals surface area (Å²) in [7, 11) is 1.43. The molecule has 0 aliphatic rings. The second kappa shape index (κ2) is 12.5. The quantitative estimate of drug-likeness (QED) is 0.244. The number of benzene rings is 2. The molecule has 0 fully saturated rings. The molecular weight excluding hydrogens is 477 g/mol. The molecule has 3 rings (SSSR count). The topological polar surface area (TPSA) is 146 Å². The summed E-state index contributed by atoms with van der Waals surface area (Å²) in [6, 6.07) is 12.3. The molecule has 1 heterocycles. The lowest BCUT2D eigenvalue weighted by molar-refractivity contribution is -0.133. The Morgan fingerprint density at radius 2 is 1.97 bits per heavy atom. The van der Waals surface area contributed by atoms with Crippen molar-refractivity contribution in [3.8, 4) is 17.4 Å². The maximum absolute atomic E-state index is 14.6. The third-order valence-electron chi connectivity index (χ3n) is 4.87. The second-order valence-electron chi connectivity index (χ2n) is 7.21. The molecule has 6 N–H and O–H groups in total. The molecule has 1 aromatic heterocycles. The number of amidine groups is 1. The van der Waals surface area contributed by atoms with Crippen molar-refractivity contribution in [3.05, 3.63) is 77.2 Å². The van der Waals surface area contributed by atoms with E-state index in [0.717, 1.165) is 0 Å². The van der Waals surface area contributed by atoms with Crippen molar-refractivity contribution in [1.29, 1.82) is 5.41 Å². The third-order valence-corrected chi connectivity index (χ3v) is 4.87. The average Bonchev–Trinajstić information content (AvgIpc) is 2.83. The fourth-order valence-corrected chi connectivity index (χ4v) is 3.12. The zero-order valence-electron chi connectivity index (χ0n) is 19.2. The van der Waals surface area contributed by atoms with Crippen molar-refractivity contribution in [2.45, 2.75) is 19.6 Å². The Morgan fingerprint density at radius 3 is 2.57 bits per heavy atom. The molecule has 0 spiro atoms. The van der Waals surface area contributed by atoms with Crippen LogP contribution in [0.4, 0.5) is 10.1 Å². The molecule has 0 saturated carbocycles. The molecule has 0 aliphatic carbocycles. The number of halogens is 2. The van der Waals surface area contributed by atoms with Crippen LogP contribution in [0.5, 0.6) is 17.4 Å². The highest BCUT2D eigenvalue weighted by Crippen LogP contribution is 2.28. The number of nitrogens with one attached hydrogen (secondary N) is 2. The lowest BCUT2D eigenvalue weighted by Gasteiger charge is -2.19. The van der Waals surface area contributed by atoms with Crippen LogP contribution in [-0.4, -0.2) is 30.4 Å². The number of methoxy groups -OCH3 is 1. The van der Waals surface area contributed by atoms with Gasteiger partial charge in [-0.2, -0.15) is 0 Å². The molecule has 1 amide bonds. The average molecular weight is 504 g/mol. The van der Waals surface area contributed by atoms with Gasteiger partial charge in [0.15, 0.2) is 6.10 Å². The van der Waals surface area contributed by atoms with Gasteiger partial charge in [-0.1, -0.05) is 12.1 Å². The first-order valence-corrected chi connectivity index (χ1v) is 10.4. The smallest absolute Gasteiger partial charge is 0.254 e. The van der Waals surface area contributed by atoms with Gasteiger partial charge in [0.1, 0.15) is 23.2 Å². The molecule has 0 bridgehead atoms. The number of nitrogen functional groups attached to an aromatic ring is 2. The Labute approximate surface area is 208 Å². The fraction of sp³-hybridized carbons (Fsp3) is 0.208. The van der Waals surface area contributed by atoms with Gasteiger partial charge < -0.3 is 31.0 Å². The number of nitrogens with two attached hydrogens (primary N) is 2. The van der Waals surface area contributed by atoms with Gasteiger partial charge in [0.05, 0.1) is 19.0 Å². The summed E-state index contributed by atoms with van der Waals surface area (Å²) in [4.78, 5) is 17.0. The number of aromatic nitrogens is 1. The van der Waals surface area contributed by atoms with Crippen LogP contribution in [0.1, 0.15) is 29.7 Å². The highest BCUT2D eigenvalue weighted by Gasteiger charge is 2.25. The van der Waals surface area contributed by atoms with E-state index in [1.165, 1.54) is 25.4 Å². The molecule has 1 atom stereocenters. The van der Waals surface area contributed by atoms with Crippen molar-refractivity contribution in [1.82, 2.24) is 10.3 Å². The molecule has 1 unspecified atom stereocenters. The Morgan fingerprint density at radius 1 is 1.20 bits per heavy atom. The molecule has 0 aliphatic heterocycles. The van der Waals surface area contributed by atoms with E-state index in [1.54, 1.807) is 43.3 Å². The van der Waals surface area contributed by atoms with Crippen molar-refractivity contribution < 1.29 is 23.4 Å². The molecular formula is C24H27ClFN5O4. The number of carbonyl (C=O) groups is 1. The number of nitrogens with zero attached hydrogens (tertiary/aromatic N) is 1. The zero-order chi connectivity index (χ0) is 24.7. The van der Waals surface area contributed by atoms with E-state index in [1.807, 2.05) is 0 Å². The Kier molecular flexibility index (Phi) is 9.80. The zero-order valence-corrected chi connectivity index (χ0v) is 20.0. The summed E-state index contributed by atoms with van der Waals surface area (Å²) >= 11 is 0. The molecule has 11 heteroatoms. The van der Waals surface area contributed by atoms with Crippen LogP contribution < -0.4 is 26.3 Å². The molecule has 9 nitrogen and oxygen atoms in total. The summed E-state index contributed by atoms with van der Waals surface area (Å²) in [5.41, 5.74) is 12.9. The van der Waals surface area contributed by atoms with Gasteiger partial charge in [0.2, 0.25) is 5.88 Å². The molecule has 2 aromatic carbocycles. The van der Waals surface area contributed by atoms with Gasteiger partial charge in [-0.15, -0.1) is 12.4 Å². The number of amides is 1. The first-order chi connectivity index (χ1) is 16.3. The summed E-state index contributed by atoms with van der Waals surface area (Å²) in [6.07, 6.45) is 0.289. The normalized spacial score (nSPS) is 11.2. The molecule has 0 radical (unpaired) electrons. The number of rotatable bonds is 10. The number of hydrogen-bond acceptors (Lipinski definition) is 7. The number of pyridine rings is 1.